The first kappa shape index (κ1) is 8.82. The minimum absolute atomic E-state index is 0.652. The lowest BCUT2D eigenvalue weighted by Gasteiger charge is -1.93. The zero-order valence-electron chi connectivity index (χ0n) is 4.45. The summed E-state index contributed by atoms with van der Waals surface area (Å²) in [6.45, 7) is 0. The lowest BCUT2D eigenvalue weighted by atomic mass is 12.0. The number of hydrogen-bond donors (Lipinski definition) is 1. The third-order valence-electron chi connectivity index (χ3n) is 0.261. The van der Waals surface area contributed by atoms with Gasteiger partial charge in [-0.1, -0.05) is 4.13 Å². The minimum atomic E-state index is -4.37. The van der Waals surface area contributed by atoms with E-state index in [4.69, 9.17) is 5.14 Å². The topological polar surface area (TPSA) is 104 Å². The normalized spacial score (nSPS) is 13.6. The lowest BCUT2D eigenvalue weighted by molar-refractivity contribution is 0.580. The second-order valence-corrected chi connectivity index (χ2v) is 4.58. The summed E-state index contributed by atoms with van der Waals surface area (Å²) in [7, 11) is -8.18. The first-order chi connectivity index (χ1) is 3.71. The largest absolute Gasteiger partial charge is 0.303 e. The van der Waals surface area contributed by atoms with Gasteiger partial charge in [-0.15, -0.1) is 5.14 Å². The molecule has 8 heteroatoms. The molecule has 0 rings (SSSR count). The molecule has 0 heterocycles. The standard InChI is InChI=1S/CH5N2O4S2/c1-8(4,5)3-9(2,6)7/h2-3H,1H3. The van der Waals surface area contributed by atoms with Crippen LogP contribution >= 0.6 is 0 Å². The molecule has 0 fully saturated rings. The molecule has 0 atom stereocenters. The summed E-state index contributed by atoms with van der Waals surface area (Å²) in [4.78, 5) is 0. The Morgan fingerprint density at radius 2 is 1.56 bits per heavy atom. The van der Waals surface area contributed by atoms with Gasteiger partial charge in [0.2, 0.25) is 10.0 Å². The third kappa shape index (κ3) is 7.82. The monoisotopic (exact) mass is 173 g/mol. The summed E-state index contributed by atoms with van der Waals surface area (Å²) in [5, 5.41) is 6.07. The molecule has 9 heavy (non-hydrogen) atoms. The smallest absolute Gasteiger partial charge is 0.212 e. The van der Waals surface area contributed by atoms with E-state index in [1.165, 1.54) is 0 Å². The molecule has 0 aliphatic rings. The van der Waals surface area contributed by atoms with Crippen molar-refractivity contribution in [2.75, 3.05) is 6.26 Å². The molecule has 1 radical (unpaired) electrons. The molecule has 0 amide bonds. The van der Waals surface area contributed by atoms with Gasteiger partial charge in [0.15, 0.2) is 0 Å². The van der Waals surface area contributed by atoms with Gasteiger partial charge in [0.05, 0.1) is 6.26 Å². The Hall–Kier alpha value is -0.180. The first-order valence-electron chi connectivity index (χ1n) is 1.69. The fourth-order valence-corrected chi connectivity index (χ4v) is 1.79. The van der Waals surface area contributed by atoms with Crippen LogP contribution in [0.5, 0.6) is 0 Å². The summed E-state index contributed by atoms with van der Waals surface area (Å²) in [5.74, 6) is 0. The number of rotatable bonds is 2. The van der Waals surface area contributed by atoms with Crippen LogP contribution in [0.4, 0.5) is 0 Å². The van der Waals surface area contributed by atoms with Crippen molar-refractivity contribution < 1.29 is 16.8 Å². The van der Waals surface area contributed by atoms with Gasteiger partial charge in [-0.2, -0.15) is 8.42 Å². The Morgan fingerprint density at radius 3 is 1.56 bits per heavy atom. The van der Waals surface area contributed by atoms with Gasteiger partial charge in [0.1, 0.15) is 0 Å². The molecule has 0 aliphatic heterocycles. The predicted octanol–water partition coefficient (Wildman–Crippen LogP) is -1.94. The molecule has 0 aromatic heterocycles. The SMILES string of the molecule is CS(=O)(=O)NS([NH])(=O)=O. The van der Waals surface area contributed by atoms with Crippen molar-refractivity contribution in [2.24, 2.45) is 0 Å². The lowest BCUT2D eigenvalue weighted by Crippen LogP contribution is -2.29. The fourth-order valence-electron chi connectivity index (χ4n) is 0.199. The van der Waals surface area contributed by atoms with Gasteiger partial charge in [-0.25, -0.2) is 8.42 Å². The highest BCUT2D eigenvalue weighted by molar-refractivity contribution is 8.03. The number of sulfonamides is 1. The van der Waals surface area contributed by atoms with Gasteiger partial charge in [0.25, 0.3) is 0 Å². The molecule has 2 N–H and O–H groups in total. The van der Waals surface area contributed by atoms with E-state index >= 15 is 0 Å². The minimum Gasteiger partial charge on any atom is -0.212 e. The van der Waals surface area contributed by atoms with E-state index in [9.17, 15) is 16.8 Å². The van der Waals surface area contributed by atoms with E-state index in [2.05, 4.69) is 0 Å². The van der Waals surface area contributed by atoms with Crippen molar-refractivity contribution in [3.63, 3.8) is 0 Å². The summed E-state index contributed by atoms with van der Waals surface area (Å²) in [6, 6.07) is 0. The summed E-state index contributed by atoms with van der Waals surface area (Å²) in [6.07, 6.45) is 0.652. The molecule has 0 saturated heterocycles. The second-order valence-electron chi connectivity index (χ2n) is 1.36. The molecule has 0 spiro atoms. The van der Waals surface area contributed by atoms with Gasteiger partial charge < -0.3 is 0 Å². The van der Waals surface area contributed by atoms with E-state index in [1.807, 2.05) is 0 Å². The van der Waals surface area contributed by atoms with E-state index < -0.39 is 20.2 Å². The molecule has 55 valence electrons. The molecular formula is CH5N2O4S2. The van der Waals surface area contributed by atoms with Gasteiger partial charge in [-0.3, -0.25) is 0 Å². The summed E-state index contributed by atoms with van der Waals surface area (Å²) in [5.41, 5.74) is 0. The van der Waals surface area contributed by atoms with E-state index in [0.29, 0.717) is 6.26 Å². The molecule has 0 aliphatic carbocycles. The van der Waals surface area contributed by atoms with Crippen molar-refractivity contribution in [2.45, 2.75) is 0 Å². The highest BCUT2D eigenvalue weighted by Crippen LogP contribution is 1.77. The summed E-state index contributed by atoms with van der Waals surface area (Å²) < 4.78 is 40.8. The Bertz CT molecular complexity index is 242. The average Bonchev–Trinajstić information content (AvgIpc) is 1.14. The maximum atomic E-state index is 10.0. The molecule has 0 unspecified atom stereocenters. The van der Waals surface area contributed by atoms with Crippen molar-refractivity contribution in [3.05, 3.63) is 0 Å². The molecular weight excluding hydrogens is 168 g/mol. The molecule has 0 bridgehead atoms. The van der Waals surface area contributed by atoms with Crippen LogP contribution < -0.4 is 9.27 Å². The highest BCUT2D eigenvalue weighted by atomic mass is 32.3. The van der Waals surface area contributed by atoms with Gasteiger partial charge >= 0.3 is 10.2 Å². The second kappa shape index (κ2) is 2.21. The Balaban J connectivity index is 4.46. The van der Waals surface area contributed by atoms with Crippen molar-refractivity contribution >= 4 is 20.2 Å². The molecule has 6 nitrogen and oxygen atoms in total. The Labute approximate surface area is 53.3 Å². The van der Waals surface area contributed by atoms with Crippen LogP contribution in [-0.4, -0.2) is 23.1 Å². The fraction of sp³-hybridized carbons (Fsp3) is 1.00. The van der Waals surface area contributed by atoms with Crippen LogP contribution in [0.25, 0.3) is 0 Å². The maximum Gasteiger partial charge on any atom is 0.303 e. The zero-order chi connectivity index (χ0) is 7.71. The van der Waals surface area contributed by atoms with E-state index in [1.54, 1.807) is 0 Å². The highest BCUT2D eigenvalue weighted by Gasteiger charge is 2.09. The Kier molecular flexibility index (Phi) is 2.17. The van der Waals surface area contributed by atoms with Crippen LogP contribution in [0.1, 0.15) is 0 Å². The van der Waals surface area contributed by atoms with Crippen LogP contribution in [0, 0.1) is 0 Å². The van der Waals surface area contributed by atoms with Gasteiger partial charge in [-0.05, 0) is 0 Å². The first-order valence-corrected chi connectivity index (χ1v) is 5.06. The quantitative estimate of drug-likeness (QED) is 0.524. The average molecular weight is 173 g/mol. The van der Waals surface area contributed by atoms with Crippen LogP contribution in [0.2, 0.25) is 0 Å². The van der Waals surface area contributed by atoms with E-state index in [-0.39, 0.29) is 0 Å². The molecule has 0 aromatic carbocycles. The maximum absolute atomic E-state index is 10.0. The number of nitrogens with one attached hydrogen (secondary N) is 2. The van der Waals surface area contributed by atoms with Crippen LogP contribution in [-0.2, 0) is 20.2 Å². The van der Waals surface area contributed by atoms with Crippen molar-refractivity contribution in [1.82, 2.24) is 9.27 Å². The van der Waals surface area contributed by atoms with E-state index in [0.717, 1.165) is 4.13 Å². The molecule has 0 aromatic rings. The number of hydrogen-bond acceptors (Lipinski definition) is 4. The van der Waals surface area contributed by atoms with Crippen molar-refractivity contribution in [3.8, 4) is 0 Å². The predicted molar refractivity (Wildman–Crippen MR) is 30.0 cm³/mol. The zero-order valence-corrected chi connectivity index (χ0v) is 6.08. The van der Waals surface area contributed by atoms with Gasteiger partial charge in [0, 0.05) is 0 Å². The molecule has 0 saturated carbocycles. The van der Waals surface area contributed by atoms with Crippen LogP contribution in [0.15, 0.2) is 0 Å². The van der Waals surface area contributed by atoms with Crippen LogP contribution in [0.3, 0.4) is 0 Å². The third-order valence-corrected chi connectivity index (χ3v) is 2.35. The Morgan fingerprint density at radius 1 is 1.22 bits per heavy atom. The van der Waals surface area contributed by atoms with Crippen molar-refractivity contribution in [1.29, 1.82) is 0 Å². The summed E-state index contributed by atoms with van der Waals surface area (Å²) >= 11 is 0.